The summed E-state index contributed by atoms with van der Waals surface area (Å²) in [7, 11) is 0. The summed E-state index contributed by atoms with van der Waals surface area (Å²) < 4.78 is 16.0. The number of fused-ring (bicyclic) bond motifs is 1. The number of anilines is 1. The first-order valence-corrected chi connectivity index (χ1v) is 16.9. The Morgan fingerprint density at radius 1 is 1.00 bits per heavy atom. The SMILES string of the molecule is C[S+]([O-])c1ccccc1-c1nnc2ccc(Sc3ccccc3CN(C(N)=O)c3cc(C(C)(C)C)nn3-c3cccc(O)c3)cn12. The molecule has 2 amide bonds. The predicted octanol–water partition coefficient (Wildman–Crippen LogP) is 6.56. The average Bonchev–Trinajstić information content (AvgIpc) is 3.65. The van der Waals surface area contributed by atoms with Crippen LogP contribution in [0.2, 0.25) is 0 Å². The van der Waals surface area contributed by atoms with Crippen LogP contribution >= 0.6 is 11.8 Å². The van der Waals surface area contributed by atoms with E-state index in [-0.39, 0.29) is 17.7 Å². The van der Waals surface area contributed by atoms with E-state index in [0.717, 1.165) is 26.6 Å². The molecule has 0 fully saturated rings. The van der Waals surface area contributed by atoms with Crippen molar-refractivity contribution < 1.29 is 14.5 Å². The number of urea groups is 1. The highest BCUT2D eigenvalue weighted by molar-refractivity contribution is 7.99. The summed E-state index contributed by atoms with van der Waals surface area (Å²) in [6.07, 6.45) is 3.61. The van der Waals surface area contributed by atoms with E-state index < -0.39 is 17.2 Å². The van der Waals surface area contributed by atoms with Crippen molar-refractivity contribution in [2.45, 2.75) is 47.4 Å². The van der Waals surface area contributed by atoms with Gasteiger partial charge in [-0.05, 0) is 59.2 Å². The fraction of sp³-hybridized carbons (Fsp3) is 0.176. The lowest BCUT2D eigenvalue weighted by molar-refractivity contribution is 0.253. The Morgan fingerprint density at radius 2 is 1.76 bits per heavy atom. The van der Waals surface area contributed by atoms with Crippen LogP contribution in [-0.4, -0.2) is 46.3 Å². The highest BCUT2D eigenvalue weighted by Crippen LogP contribution is 2.35. The summed E-state index contributed by atoms with van der Waals surface area (Å²) in [5.41, 5.74) is 9.39. The zero-order valence-electron chi connectivity index (χ0n) is 25.8. The lowest BCUT2D eigenvalue weighted by Gasteiger charge is -2.23. The van der Waals surface area contributed by atoms with Gasteiger partial charge in [0.15, 0.2) is 16.4 Å². The normalized spacial score (nSPS) is 12.4. The number of aromatic hydroxyl groups is 1. The first-order valence-electron chi connectivity index (χ1n) is 14.5. The van der Waals surface area contributed by atoms with Crippen molar-refractivity contribution in [1.82, 2.24) is 24.4 Å². The first-order chi connectivity index (χ1) is 22.0. The molecule has 12 heteroatoms. The second-order valence-corrected chi connectivity index (χ2v) is 14.2. The number of rotatable bonds is 8. The minimum Gasteiger partial charge on any atom is -0.612 e. The molecule has 0 saturated carbocycles. The summed E-state index contributed by atoms with van der Waals surface area (Å²) in [4.78, 5) is 17.1. The summed E-state index contributed by atoms with van der Waals surface area (Å²) in [6.45, 7) is 6.32. The van der Waals surface area contributed by atoms with Crippen LogP contribution in [0.1, 0.15) is 32.0 Å². The molecule has 10 nitrogen and oxygen atoms in total. The molecule has 0 radical (unpaired) electrons. The molecular formula is C34H33N7O3S2. The Bertz CT molecular complexity index is 2050. The van der Waals surface area contributed by atoms with E-state index >= 15 is 0 Å². The van der Waals surface area contributed by atoms with Gasteiger partial charge in [-0.1, -0.05) is 68.9 Å². The van der Waals surface area contributed by atoms with Gasteiger partial charge in [-0.25, -0.2) is 9.48 Å². The molecule has 0 aliphatic rings. The molecule has 6 rings (SSSR count). The lowest BCUT2D eigenvalue weighted by atomic mass is 9.92. The fourth-order valence-corrected chi connectivity index (χ4v) is 6.76. The fourth-order valence-electron chi connectivity index (χ4n) is 5.07. The van der Waals surface area contributed by atoms with Crippen LogP contribution in [0.15, 0.2) is 112 Å². The number of amides is 2. The van der Waals surface area contributed by atoms with Gasteiger partial charge in [-0.3, -0.25) is 9.30 Å². The number of pyridine rings is 1. The number of benzene rings is 3. The van der Waals surface area contributed by atoms with Gasteiger partial charge in [0.25, 0.3) is 0 Å². The Morgan fingerprint density at radius 3 is 2.50 bits per heavy atom. The molecule has 46 heavy (non-hydrogen) atoms. The molecule has 0 aliphatic heterocycles. The molecule has 3 heterocycles. The van der Waals surface area contributed by atoms with Gasteiger partial charge in [0.1, 0.15) is 17.8 Å². The van der Waals surface area contributed by atoms with Gasteiger partial charge in [-0.15, -0.1) is 10.2 Å². The Balaban J connectivity index is 1.37. The highest BCUT2D eigenvalue weighted by atomic mass is 32.2. The van der Waals surface area contributed by atoms with Crippen molar-refractivity contribution in [2.24, 2.45) is 5.73 Å². The zero-order chi connectivity index (χ0) is 32.6. The number of carbonyl (C=O) groups is 1. The minimum atomic E-state index is -1.20. The quantitative estimate of drug-likeness (QED) is 0.178. The van der Waals surface area contributed by atoms with E-state index in [9.17, 15) is 14.5 Å². The second-order valence-electron chi connectivity index (χ2n) is 11.8. The molecular weight excluding hydrogens is 619 g/mol. The second kappa shape index (κ2) is 12.5. The number of nitrogens with two attached hydrogens (primary N) is 1. The molecule has 3 aromatic carbocycles. The molecule has 0 aliphatic carbocycles. The third kappa shape index (κ3) is 6.32. The number of hydrogen-bond acceptors (Lipinski definition) is 7. The molecule has 1 unspecified atom stereocenters. The molecule has 0 bridgehead atoms. The third-order valence-electron chi connectivity index (χ3n) is 7.42. The van der Waals surface area contributed by atoms with Gasteiger partial charge in [-0.2, -0.15) is 5.10 Å². The maximum absolute atomic E-state index is 13.1. The van der Waals surface area contributed by atoms with E-state index in [4.69, 9.17) is 10.8 Å². The third-order valence-corrected chi connectivity index (χ3v) is 9.49. The maximum Gasteiger partial charge on any atom is 0.320 e. The average molecular weight is 652 g/mol. The Hall–Kier alpha value is -4.78. The van der Waals surface area contributed by atoms with Crippen LogP contribution in [0.4, 0.5) is 10.6 Å². The smallest absolute Gasteiger partial charge is 0.320 e. The topological polar surface area (TPSA) is 138 Å². The number of carbonyl (C=O) groups excluding carboxylic acids is 1. The molecule has 234 valence electrons. The summed E-state index contributed by atoms with van der Waals surface area (Å²) in [6, 6.07) is 27.1. The number of phenols is 1. The van der Waals surface area contributed by atoms with Gasteiger partial charge in [0.05, 0.1) is 23.5 Å². The van der Waals surface area contributed by atoms with Crippen molar-refractivity contribution in [1.29, 1.82) is 0 Å². The monoisotopic (exact) mass is 651 g/mol. The Kier molecular flexibility index (Phi) is 8.51. The van der Waals surface area contributed by atoms with Crippen molar-refractivity contribution >= 4 is 40.4 Å². The van der Waals surface area contributed by atoms with Crippen LogP contribution in [0.25, 0.3) is 22.7 Å². The standard InChI is InChI=1S/C34H33N7O3S2/c1-34(2,3)29-19-31(41(38-29)23-11-9-12-24(42)18-23)40(33(35)43)20-22-10-5-7-14-27(22)45-25-16-17-30-36-37-32(39(30)21-25)26-13-6-8-15-28(26)46(4)44/h5-19,21,42H,20H2,1-4H3,(H2,35,43). The number of hydrogen-bond donors (Lipinski definition) is 2. The summed E-state index contributed by atoms with van der Waals surface area (Å²) in [5.74, 6) is 1.18. The van der Waals surface area contributed by atoms with Crippen LogP contribution in [0.5, 0.6) is 5.75 Å². The molecule has 0 spiro atoms. The molecule has 0 saturated heterocycles. The molecule has 3 aromatic heterocycles. The van der Waals surface area contributed by atoms with Crippen molar-refractivity contribution in [2.75, 3.05) is 11.2 Å². The number of nitrogens with zero attached hydrogens (tertiary/aromatic N) is 6. The van der Waals surface area contributed by atoms with Crippen molar-refractivity contribution in [3.63, 3.8) is 0 Å². The summed E-state index contributed by atoms with van der Waals surface area (Å²) >= 11 is 0.337. The zero-order valence-corrected chi connectivity index (χ0v) is 27.4. The van der Waals surface area contributed by atoms with Crippen molar-refractivity contribution in [3.05, 3.63) is 108 Å². The van der Waals surface area contributed by atoms with Gasteiger partial charge >= 0.3 is 6.03 Å². The van der Waals surface area contributed by atoms with Crippen LogP contribution in [-0.2, 0) is 23.1 Å². The molecule has 6 aromatic rings. The van der Waals surface area contributed by atoms with Crippen LogP contribution < -0.4 is 10.6 Å². The van der Waals surface area contributed by atoms with Crippen LogP contribution in [0.3, 0.4) is 0 Å². The number of primary amides is 1. The summed E-state index contributed by atoms with van der Waals surface area (Å²) in [5, 5.41) is 23.8. The van der Waals surface area contributed by atoms with E-state index in [0.29, 0.717) is 27.9 Å². The Labute approximate surface area is 274 Å². The molecule has 1 atom stereocenters. The van der Waals surface area contributed by atoms with E-state index in [1.165, 1.54) is 16.7 Å². The van der Waals surface area contributed by atoms with E-state index in [1.807, 2.05) is 104 Å². The number of phenolic OH excluding ortho intramolecular Hbond substituents is 1. The van der Waals surface area contributed by atoms with E-state index in [2.05, 4.69) is 10.2 Å². The van der Waals surface area contributed by atoms with Crippen molar-refractivity contribution in [3.8, 4) is 22.8 Å². The van der Waals surface area contributed by atoms with Gasteiger partial charge in [0, 0.05) is 33.5 Å². The maximum atomic E-state index is 13.1. The van der Waals surface area contributed by atoms with Gasteiger partial charge < -0.3 is 15.4 Å². The van der Waals surface area contributed by atoms with Gasteiger partial charge in [0.2, 0.25) is 0 Å². The van der Waals surface area contributed by atoms with Crippen LogP contribution in [0, 0.1) is 0 Å². The number of aromatic nitrogens is 5. The predicted molar refractivity (Wildman–Crippen MR) is 181 cm³/mol. The lowest BCUT2D eigenvalue weighted by Crippen LogP contribution is -2.36. The van der Waals surface area contributed by atoms with E-state index in [1.54, 1.807) is 29.1 Å². The first kappa shape index (κ1) is 31.2. The highest BCUT2D eigenvalue weighted by Gasteiger charge is 2.26. The minimum absolute atomic E-state index is 0.0864. The molecule has 3 N–H and O–H groups in total. The largest absolute Gasteiger partial charge is 0.612 e.